The lowest BCUT2D eigenvalue weighted by atomic mass is 9.96. The molecule has 0 radical (unpaired) electrons. The van der Waals surface area contributed by atoms with E-state index in [0.717, 1.165) is 4.57 Å². The van der Waals surface area contributed by atoms with E-state index < -0.39 is 41.8 Å². The number of hydrogen-bond donors (Lipinski definition) is 3. The van der Waals surface area contributed by atoms with Gasteiger partial charge in [0.15, 0.2) is 6.23 Å². The summed E-state index contributed by atoms with van der Waals surface area (Å²) in [7, 11) is 1.43. The number of aromatic nitrogens is 2. The Kier molecular flexibility index (Phi) is 4.23. The maximum atomic E-state index is 12.0. The first-order valence-corrected chi connectivity index (χ1v) is 6.71. The Labute approximate surface area is 125 Å². The molecule has 0 saturated carbocycles. The number of carbonyl (C=O) groups excluding carboxylic acids is 1. The largest absolute Gasteiger partial charge is 0.393 e. The average Bonchev–Trinajstić information content (AvgIpc) is 2.75. The van der Waals surface area contributed by atoms with Crippen LogP contribution >= 0.6 is 0 Å². The highest BCUT2D eigenvalue weighted by atomic mass is 16.6. The number of amides is 1. The molecular weight excluding hydrogens is 294 g/mol. The second-order valence-corrected chi connectivity index (χ2v) is 5.66. The maximum absolute atomic E-state index is 12.0. The molecule has 1 fully saturated rings. The van der Waals surface area contributed by atoms with Crippen molar-refractivity contribution < 1.29 is 19.7 Å². The predicted molar refractivity (Wildman–Crippen MR) is 75.3 cm³/mol. The SMILES string of the molecule is Cc1cn([C@@H]2O[C@@](C)(CO)C(O)C2N(C)C=O)c(=O)[nH]c1=O. The molecule has 2 heterocycles. The average molecular weight is 313 g/mol. The zero-order chi connectivity index (χ0) is 16.7. The fourth-order valence-corrected chi connectivity index (χ4v) is 2.55. The minimum absolute atomic E-state index is 0.280. The number of carbonyl (C=O) groups is 1. The van der Waals surface area contributed by atoms with Gasteiger partial charge < -0.3 is 19.8 Å². The third kappa shape index (κ3) is 2.47. The highest BCUT2D eigenvalue weighted by molar-refractivity contribution is 5.47. The summed E-state index contributed by atoms with van der Waals surface area (Å²) in [6.07, 6.45) is -0.452. The van der Waals surface area contributed by atoms with Crippen molar-refractivity contribution in [2.24, 2.45) is 0 Å². The van der Waals surface area contributed by atoms with Crippen LogP contribution in [0.25, 0.3) is 0 Å². The zero-order valence-corrected chi connectivity index (χ0v) is 12.5. The first-order valence-electron chi connectivity index (χ1n) is 6.71. The zero-order valence-electron chi connectivity index (χ0n) is 12.5. The monoisotopic (exact) mass is 313 g/mol. The molecule has 1 aromatic rings. The first-order chi connectivity index (χ1) is 10.2. The number of H-pyrrole nitrogens is 1. The number of aliphatic hydroxyl groups excluding tert-OH is 2. The number of likely N-dealkylation sites (N-methyl/N-ethyl adjacent to an activating group) is 1. The number of rotatable bonds is 4. The molecule has 0 aliphatic carbocycles. The number of ether oxygens (including phenoxy) is 1. The van der Waals surface area contributed by atoms with Crippen LogP contribution in [-0.4, -0.2) is 62.5 Å². The van der Waals surface area contributed by atoms with Crippen molar-refractivity contribution in [3.63, 3.8) is 0 Å². The Hall–Kier alpha value is -1.97. The lowest BCUT2D eigenvalue weighted by Crippen LogP contribution is -2.49. The van der Waals surface area contributed by atoms with Gasteiger partial charge >= 0.3 is 5.69 Å². The normalized spacial score (nSPS) is 31.2. The Bertz CT molecular complexity index is 683. The fourth-order valence-electron chi connectivity index (χ4n) is 2.55. The van der Waals surface area contributed by atoms with Gasteiger partial charge in [0.25, 0.3) is 5.56 Å². The van der Waals surface area contributed by atoms with Gasteiger partial charge in [-0.15, -0.1) is 0 Å². The summed E-state index contributed by atoms with van der Waals surface area (Å²) >= 11 is 0. The molecule has 9 heteroatoms. The van der Waals surface area contributed by atoms with E-state index in [0.29, 0.717) is 6.41 Å². The van der Waals surface area contributed by atoms with Gasteiger partial charge in [0, 0.05) is 18.8 Å². The smallest absolute Gasteiger partial charge is 0.330 e. The van der Waals surface area contributed by atoms with E-state index in [4.69, 9.17) is 4.74 Å². The molecule has 122 valence electrons. The van der Waals surface area contributed by atoms with Gasteiger partial charge in [-0.25, -0.2) is 4.79 Å². The van der Waals surface area contributed by atoms with E-state index in [-0.39, 0.29) is 5.56 Å². The third-order valence-corrected chi connectivity index (χ3v) is 4.00. The topological polar surface area (TPSA) is 125 Å². The number of nitrogens with zero attached hydrogens (tertiary/aromatic N) is 2. The van der Waals surface area contributed by atoms with Crippen molar-refractivity contribution in [2.45, 2.75) is 37.8 Å². The Morgan fingerprint density at radius 3 is 2.73 bits per heavy atom. The highest BCUT2D eigenvalue weighted by Crippen LogP contribution is 2.38. The lowest BCUT2D eigenvalue weighted by Gasteiger charge is -2.29. The summed E-state index contributed by atoms with van der Waals surface area (Å²) in [6, 6.07) is -0.891. The first kappa shape index (κ1) is 16.4. The molecule has 0 spiro atoms. The van der Waals surface area contributed by atoms with Crippen LogP contribution in [-0.2, 0) is 9.53 Å². The van der Waals surface area contributed by atoms with Crippen LogP contribution in [0.15, 0.2) is 15.8 Å². The van der Waals surface area contributed by atoms with Gasteiger partial charge in [0.1, 0.15) is 17.7 Å². The van der Waals surface area contributed by atoms with Crippen molar-refractivity contribution >= 4 is 6.41 Å². The molecule has 3 N–H and O–H groups in total. The van der Waals surface area contributed by atoms with Crippen LogP contribution in [0.3, 0.4) is 0 Å². The predicted octanol–water partition coefficient (Wildman–Crippen LogP) is -2.06. The second kappa shape index (κ2) is 5.67. The van der Waals surface area contributed by atoms with Crippen LogP contribution in [0.5, 0.6) is 0 Å². The van der Waals surface area contributed by atoms with E-state index in [9.17, 15) is 24.6 Å². The molecule has 22 heavy (non-hydrogen) atoms. The number of nitrogens with one attached hydrogen (secondary N) is 1. The Balaban J connectivity index is 2.57. The highest BCUT2D eigenvalue weighted by Gasteiger charge is 2.54. The van der Waals surface area contributed by atoms with E-state index in [1.165, 1.54) is 32.0 Å². The molecule has 0 bridgehead atoms. The summed E-state index contributed by atoms with van der Waals surface area (Å²) in [5, 5.41) is 19.8. The van der Waals surface area contributed by atoms with Gasteiger partial charge in [0.2, 0.25) is 6.41 Å². The van der Waals surface area contributed by atoms with Crippen molar-refractivity contribution in [1.82, 2.24) is 14.5 Å². The van der Waals surface area contributed by atoms with E-state index >= 15 is 0 Å². The molecule has 0 aromatic carbocycles. The van der Waals surface area contributed by atoms with E-state index in [2.05, 4.69) is 4.98 Å². The quantitative estimate of drug-likeness (QED) is 0.549. The molecule has 1 amide bonds. The summed E-state index contributed by atoms with van der Waals surface area (Å²) in [5.41, 5.74) is -2.30. The molecule has 2 unspecified atom stereocenters. The molecule has 2 rings (SSSR count). The molecule has 4 atom stereocenters. The summed E-state index contributed by atoms with van der Waals surface area (Å²) in [4.78, 5) is 37.9. The maximum Gasteiger partial charge on any atom is 0.330 e. The number of aromatic amines is 1. The number of aliphatic hydroxyl groups is 2. The Morgan fingerprint density at radius 2 is 2.18 bits per heavy atom. The third-order valence-electron chi connectivity index (χ3n) is 4.00. The van der Waals surface area contributed by atoms with Crippen molar-refractivity contribution in [3.8, 4) is 0 Å². The van der Waals surface area contributed by atoms with E-state index in [1.807, 2.05) is 0 Å². The van der Waals surface area contributed by atoms with Gasteiger partial charge in [0.05, 0.1) is 6.61 Å². The Morgan fingerprint density at radius 1 is 1.55 bits per heavy atom. The molecule has 1 saturated heterocycles. The molecule has 1 aliphatic heterocycles. The second-order valence-electron chi connectivity index (χ2n) is 5.66. The lowest BCUT2D eigenvalue weighted by molar-refractivity contribution is -0.123. The van der Waals surface area contributed by atoms with Crippen molar-refractivity contribution in [3.05, 3.63) is 32.6 Å². The van der Waals surface area contributed by atoms with Gasteiger partial charge in [-0.1, -0.05) is 0 Å². The van der Waals surface area contributed by atoms with Crippen LogP contribution in [0.4, 0.5) is 0 Å². The molecule has 1 aliphatic rings. The van der Waals surface area contributed by atoms with Crippen molar-refractivity contribution in [1.29, 1.82) is 0 Å². The minimum Gasteiger partial charge on any atom is -0.393 e. The molecule has 9 nitrogen and oxygen atoms in total. The molecular formula is C13H19N3O6. The van der Waals surface area contributed by atoms with Crippen LogP contribution in [0.1, 0.15) is 18.7 Å². The minimum atomic E-state index is -1.34. The van der Waals surface area contributed by atoms with Crippen LogP contribution in [0.2, 0.25) is 0 Å². The number of hydrogen-bond acceptors (Lipinski definition) is 6. The fraction of sp³-hybridized carbons (Fsp3) is 0.615. The summed E-state index contributed by atoms with van der Waals surface area (Å²) in [5.74, 6) is 0. The molecule has 1 aromatic heterocycles. The van der Waals surface area contributed by atoms with Gasteiger partial charge in [-0.2, -0.15) is 0 Å². The van der Waals surface area contributed by atoms with Gasteiger partial charge in [-0.05, 0) is 13.8 Å². The van der Waals surface area contributed by atoms with Crippen molar-refractivity contribution in [2.75, 3.05) is 13.7 Å². The summed E-state index contributed by atoms with van der Waals surface area (Å²) in [6.45, 7) is 2.50. The number of aryl methyl sites for hydroxylation is 1. The van der Waals surface area contributed by atoms with Crippen LogP contribution < -0.4 is 11.2 Å². The van der Waals surface area contributed by atoms with Gasteiger partial charge in [-0.3, -0.25) is 19.1 Å². The van der Waals surface area contributed by atoms with E-state index in [1.54, 1.807) is 0 Å². The van der Waals surface area contributed by atoms with Crippen LogP contribution in [0, 0.1) is 6.92 Å². The standard InChI is InChI=1S/C13H19N3O6/c1-7-4-16(12(21)14-10(7)20)11-8(15(3)6-18)9(19)13(2,5-17)22-11/h4,6,8-9,11,17,19H,5H2,1-3H3,(H,14,20,21)/t8?,9?,11-,13+/m1/s1. The summed E-state index contributed by atoms with van der Waals surface area (Å²) < 4.78 is 6.75.